The third-order valence-electron chi connectivity index (χ3n) is 3.50. The smallest absolute Gasteiger partial charge is 0.217 e. The Bertz CT molecular complexity index is 377. The molecule has 1 aliphatic rings. The van der Waals surface area contributed by atoms with Gasteiger partial charge in [-0.2, -0.15) is 0 Å². The zero-order valence-corrected chi connectivity index (χ0v) is 10.5. The first kappa shape index (κ1) is 12.1. The lowest BCUT2D eigenvalue weighted by Gasteiger charge is -2.24. The van der Waals surface area contributed by atoms with Gasteiger partial charge in [0, 0.05) is 32.1 Å². The molecule has 1 fully saturated rings. The fraction of sp³-hybridized carbons (Fsp3) is 0.500. The molecule has 2 unspecified atom stereocenters. The third kappa shape index (κ3) is 3.07. The van der Waals surface area contributed by atoms with Crippen LogP contribution in [0.5, 0.6) is 0 Å². The number of benzene rings is 1. The van der Waals surface area contributed by atoms with Crippen molar-refractivity contribution in [2.45, 2.75) is 38.9 Å². The predicted molar refractivity (Wildman–Crippen MR) is 68.5 cm³/mol. The molecule has 92 valence electrons. The molecule has 0 aromatic heterocycles. The molecule has 1 aliphatic heterocycles. The molecule has 17 heavy (non-hydrogen) atoms. The third-order valence-corrected chi connectivity index (χ3v) is 3.50. The van der Waals surface area contributed by atoms with E-state index in [-0.39, 0.29) is 5.91 Å². The van der Waals surface area contributed by atoms with Crippen LogP contribution in [0.25, 0.3) is 0 Å². The lowest BCUT2D eigenvalue weighted by atomic mass is 10.1. The Morgan fingerprint density at radius 3 is 2.76 bits per heavy atom. The molecule has 0 bridgehead atoms. The van der Waals surface area contributed by atoms with Crippen LogP contribution in [-0.2, 0) is 11.3 Å². The molecule has 2 atom stereocenters. The van der Waals surface area contributed by atoms with E-state index in [2.05, 4.69) is 41.4 Å². The number of carbonyl (C=O) groups is 1. The summed E-state index contributed by atoms with van der Waals surface area (Å²) in [5.74, 6) is 0.0726. The summed E-state index contributed by atoms with van der Waals surface area (Å²) in [4.78, 5) is 13.5. The van der Waals surface area contributed by atoms with Gasteiger partial charge in [0.1, 0.15) is 0 Å². The Hall–Kier alpha value is -1.35. The Morgan fingerprint density at radius 2 is 2.12 bits per heavy atom. The zero-order chi connectivity index (χ0) is 12.3. The molecule has 0 saturated carbocycles. The minimum Gasteiger partial charge on any atom is -0.352 e. The van der Waals surface area contributed by atoms with Crippen LogP contribution in [0.3, 0.4) is 0 Å². The van der Waals surface area contributed by atoms with Gasteiger partial charge in [-0.15, -0.1) is 0 Å². The number of likely N-dealkylation sites (tertiary alicyclic amines) is 1. The van der Waals surface area contributed by atoms with Crippen LogP contribution in [-0.4, -0.2) is 29.4 Å². The van der Waals surface area contributed by atoms with Crippen molar-refractivity contribution in [1.29, 1.82) is 0 Å². The van der Waals surface area contributed by atoms with Crippen molar-refractivity contribution in [3.63, 3.8) is 0 Å². The van der Waals surface area contributed by atoms with Crippen LogP contribution >= 0.6 is 0 Å². The second kappa shape index (κ2) is 5.32. The number of rotatable bonds is 3. The van der Waals surface area contributed by atoms with E-state index in [0.29, 0.717) is 12.1 Å². The molecule has 0 radical (unpaired) electrons. The van der Waals surface area contributed by atoms with Crippen LogP contribution in [0.1, 0.15) is 25.8 Å². The van der Waals surface area contributed by atoms with Crippen LogP contribution in [0.2, 0.25) is 0 Å². The van der Waals surface area contributed by atoms with Crippen molar-refractivity contribution in [3.8, 4) is 0 Å². The number of carbonyl (C=O) groups excluding carboxylic acids is 1. The first-order valence-electron chi connectivity index (χ1n) is 6.22. The van der Waals surface area contributed by atoms with Crippen LogP contribution in [0.15, 0.2) is 30.3 Å². The van der Waals surface area contributed by atoms with Crippen molar-refractivity contribution >= 4 is 5.91 Å². The molecule has 2 rings (SSSR count). The Morgan fingerprint density at radius 1 is 1.41 bits per heavy atom. The molecule has 1 aromatic rings. The lowest BCUT2D eigenvalue weighted by molar-refractivity contribution is -0.119. The Balaban J connectivity index is 1.94. The molecular formula is C14H20N2O. The van der Waals surface area contributed by atoms with Gasteiger partial charge in [0.25, 0.3) is 0 Å². The normalized spacial score (nSPS) is 24.8. The topological polar surface area (TPSA) is 32.3 Å². The van der Waals surface area contributed by atoms with Gasteiger partial charge in [0.15, 0.2) is 0 Å². The number of nitrogens with one attached hydrogen (secondary N) is 1. The summed E-state index contributed by atoms with van der Waals surface area (Å²) in [5.41, 5.74) is 1.34. The van der Waals surface area contributed by atoms with Crippen LogP contribution < -0.4 is 5.32 Å². The average Bonchev–Trinajstić information content (AvgIpc) is 2.62. The van der Waals surface area contributed by atoms with E-state index in [1.165, 1.54) is 5.56 Å². The molecule has 1 amide bonds. The molecule has 0 aliphatic carbocycles. The van der Waals surface area contributed by atoms with Crippen LogP contribution in [0, 0.1) is 0 Å². The minimum atomic E-state index is 0.0726. The van der Waals surface area contributed by atoms with Gasteiger partial charge in [-0.05, 0) is 18.9 Å². The first-order chi connectivity index (χ1) is 8.16. The monoisotopic (exact) mass is 232 g/mol. The maximum atomic E-state index is 11.1. The fourth-order valence-corrected chi connectivity index (χ4v) is 2.50. The zero-order valence-electron chi connectivity index (χ0n) is 10.5. The number of hydrogen-bond acceptors (Lipinski definition) is 2. The maximum Gasteiger partial charge on any atom is 0.217 e. The number of hydrogen-bond donors (Lipinski definition) is 1. The molecular weight excluding hydrogens is 212 g/mol. The first-order valence-corrected chi connectivity index (χ1v) is 6.22. The standard InChI is InChI=1S/C14H20N2O/c1-11-14(15-12(2)17)8-9-16(11)10-13-6-4-3-5-7-13/h3-7,11,14H,8-10H2,1-2H3,(H,15,17). The van der Waals surface area contributed by atoms with Gasteiger partial charge in [-0.1, -0.05) is 30.3 Å². The number of nitrogens with zero attached hydrogens (tertiary/aromatic N) is 1. The van der Waals surface area contributed by atoms with E-state index in [1.54, 1.807) is 6.92 Å². The van der Waals surface area contributed by atoms with E-state index >= 15 is 0 Å². The van der Waals surface area contributed by atoms with Gasteiger partial charge < -0.3 is 5.32 Å². The van der Waals surface area contributed by atoms with Gasteiger partial charge in [-0.3, -0.25) is 9.69 Å². The predicted octanol–water partition coefficient (Wildman–Crippen LogP) is 1.79. The highest BCUT2D eigenvalue weighted by molar-refractivity contribution is 5.73. The Kier molecular flexibility index (Phi) is 3.79. The van der Waals surface area contributed by atoms with Gasteiger partial charge >= 0.3 is 0 Å². The summed E-state index contributed by atoms with van der Waals surface area (Å²) in [6.07, 6.45) is 1.05. The van der Waals surface area contributed by atoms with Gasteiger partial charge in [0.05, 0.1) is 0 Å². The molecule has 1 N–H and O–H groups in total. The summed E-state index contributed by atoms with van der Waals surface area (Å²) in [5, 5.41) is 3.03. The van der Waals surface area contributed by atoms with Gasteiger partial charge in [0.2, 0.25) is 5.91 Å². The maximum absolute atomic E-state index is 11.1. The molecule has 1 aromatic carbocycles. The van der Waals surface area contributed by atoms with E-state index in [0.717, 1.165) is 19.5 Å². The highest BCUT2D eigenvalue weighted by atomic mass is 16.1. The minimum absolute atomic E-state index is 0.0726. The van der Waals surface area contributed by atoms with Crippen molar-refractivity contribution in [1.82, 2.24) is 10.2 Å². The molecule has 1 heterocycles. The van der Waals surface area contributed by atoms with E-state index in [1.807, 2.05) is 6.07 Å². The van der Waals surface area contributed by atoms with Crippen molar-refractivity contribution in [3.05, 3.63) is 35.9 Å². The molecule has 3 nitrogen and oxygen atoms in total. The second-order valence-corrected chi connectivity index (χ2v) is 4.79. The largest absolute Gasteiger partial charge is 0.352 e. The molecule has 1 saturated heterocycles. The molecule has 3 heteroatoms. The number of amides is 1. The Labute approximate surface area is 103 Å². The lowest BCUT2D eigenvalue weighted by Crippen LogP contribution is -2.42. The van der Waals surface area contributed by atoms with E-state index in [9.17, 15) is 4.79 Å². The highest BCUT2D eigenvalue weighted by Gasteiger charge is 2.30. The van der Waals surface area contributed by atoms with E-state index < -0.39 is 0 Å². The van der Waals surface area contributed by atoms with Crippen molar-refractivity contribution < 1.29 is 4.79 Å². The summed E-state index contributed by atoms with van der Waals surface area (Å²) in [6.45, 7) is 5.81. The van der Waals surface area contributed by atoms with Crippen LogP contribution in [0.4, 0.5) is 0 Å². The second-order valence-electron chi connectivity index (χ2n) is 4.79. The van der Waals surface area contributed by atoms with Gasteiger partial charge in [-0.25, -0.2) is 0 Å². The summed E-state index contributed by atoms with van der Waals surface area (Å²) >= 11 is 0. The van der Waals surface area contributed by atoms with Crippen molar-refractivity contribution in [2.24, 2.45) is 0 Å². The quantitative estimate of drug-likeness (QED) is 0.861. The summed E-state index contributed by atoms with van der Waals surface area (Å²) in [7, 11) is 0. The summed E-state index contributed by atoms with van der Waals surface area (Å²) in [6, 6.07) is 11.2. The van der Waals surface area contributed by atoms with E-state index in [4.69, 9.17) is 0 Å². The van der Waals surface area contributed by atoms with Crippen molar-refractivity contribution in [2.75, 3.05) is 6.54 Å². The highest BCUT2D eigenvalue weighted by Crippen LogP contribution is 2.20. The average molecular weight is 232 g/mol. The summed E-state index contributed by atoms with van der Waals surface area (Å²) < 4.78 is 0. The fourth-order valence-electron chi connectivity index (χ4n) is 2.50. The molecule has 0 spiro atoms. The SMILES string of the molecule is CC(=O)NC1CCN(Cc2ccccc2)C1C.